The zero-order valence-corrected chi connectivity index (χ0v) is 21.4. The van der Waals surface area contributed by atoms with Crippen LogP contribution in [0.1, 0.15) is 28.4 Å². The summed E-state index contributed by atoms with van der Waals surface area (Å²) in [5.41, 5.74) is 8.20. The fraction of sp³-hybridized carbons (Fsp3) is 0.143. The van der Waals surface area contributed by atoms with E-state index in [-0.39, 0.29) is 33.5 Å². The van der Waals surface area contributed by atoms with Crippen LogP contribution in [0, 0.1) is 5.82 Å². The van der Waals surface area contributed by atoms with Crippen molar-refractivity contribution in [2.45, 2.75) is 26.1 Å². The molecule has 13 heteroatoms. The van der Waals surface area contributed by atoms with Crippen molar-refractivity contribution < 1.29 is 32.0 Å². The Morgan fingerprint density at radius 3 is 2.51 bits per heavy atom. The minimum atomic E-state index is -5.31. The lowest BCUT2D eigenvalue weighted by molar-refractivity contribution is -0.199. The Hall–Kier alpha value is -5.20. The van der Waals surface area contributed by atoms with Crippen molar-refractivity contribution in [2.75, 3.05) is 5.32 Å². The Balaban J connectivity index is 1.70. The van der Waals surface area contributed by atoms with Crippen LogP contribution in [0.25, 0.3) is 22.3 Å². The molecule has 0 aliphatic heterocycles. The van der Waals surface area contributed by atoms with E-state index in [0.29, 0.717) is 23.4 Å². The van der Waals surface area contributed by atoms with Gasteiger partial charge in [-0.1, -0.05) is 19.1 Å². The van der Waals surface area contributed by atoms with Gasteiger partial charge in [-0.05, 0) is 53.9 Å². The molecule has 0 bridgehead atoms. The van der Waals surface area contributed by atoms with Crippen LogP contribution in [-0.2, 0) is 17.8 Å². The molecule has 210 valence electrons. The number of nitrogens with one attached hydrogen (secondary N) is 1. The lowest BCUT2D eigenvalue weighted by Gasteiger charge is -2.18. The Kier molecular flexibility index (Phi) is 7.18. The van der Waals surface area contributed by atoms with Gasteiger partial charge in [-0.3, -0.25) is 4.79 Å². The lowest BCUT2D eigenvalue weighted by Crippen LogP contribution is -2.33. The molecule has 0 aliphatic carbocycles. The second kappa shape index (κ2) is 10.8. The molecular formula is C28H22F4N6O3. The van der Waals surface area contributed by atoms with Gasteiger partial charge in [0, 0.05) is 41.8 Å². The summed E-state index contributed by atoms with van der Waals surface area (Å²) in [7, 11) is 0. The Morgan fingerprint density at radius 1 is 1.12 bits per heavy atom. The number of nitrogens with two attached hydrogens (primary N) is 1. The highest BCUT2D eigenvalue weighted by molar-refractivity contribution is 6.08. The summed E-state index contributed by atoms with van der Waals surface area (Å²) in [6, 6.07) is 11.7. The molecule has 3 aromatic heterocycles. The zero-order valence-electron chi connectivity index (χ0n) is 21.4. The molecule has 0 atom stereocenters. The molecule has 0 fully saturated rings. The molecule has 41 heavy (non-hydrogen) atoms. The summed E-state index contributed by atoms with van der Waals surface area (Å²) in [4.78, 5) is 37.2. The molecule has 2 aromatic carbocycles. The van der Waals surface area contributed by atoms with Crippen molar-refractivity contribution >= 4 is 34.3 Å². The van der Waals surface area contributed by atoms with Gasteiger partial charge in [-0.15, -0.1) is 0 Å². The number of halogens is 4. The Bertz CT molecular complexity index is 1750. The second-order valence-electron chi connectivity index (χ2n) is 9.01. The topological polar surface area (TPSA) is 117 Å². The first-order chi connectivity index (χ1) is 19.6. The van der Waals surface area contributed by atoms with E-state index in [9.17, 15) is 27.2 Å². The third-order valence-corrected chi connectivity index (χ3v) is 6.40. The van der Waals surface area contributed by atoms with Crippen LogP contribution in [0.4, 0.5) is 28.9 Å². The maximum atomic E-state index is 13.6. The molecule has 0 unspecified atom stereocenters. The van der Waals surface area contributed by atoms with Crippen LogP contribution in [0.5, 0.6) is 0 Å². The van der Waals surface area contributed by atoms with Gasteiger partial charge < -0.3 is 20.5 Å². The monoisotopic (exact) mass is 566 g/mol. The summed E-state index contributed by atoms with van der Waals surface area (Å²) >= 11 is 0. The first-order valence-corrected chi connectivity index (χ1v) is 12.3. The SMILES string of the molecule is CCc1c(Cn2ccnc2)cccc1Nc1c(C(N)=O)cnc2c1cc(-c1ccc(F)cc1)n2OC(=O)C(F)(F)F. The van der Waals surface area contributed by atoms with Crippen molar-refractivity contribution in [2.24, 2.45) is 5.73 Å². The number of imidazole rings is 1. The van der Waals surface area contributed by atoms with Gasteiger partial charge in [-0.25, -0.2) is 19.2 Å². The summed E-state index contributed by atoms with van der Waals surface area (Å²) < 4.78 is 55.7. The fourth-order valence-corrected chi connectivity index (χ4v) is 4.52. The van der Waals surface area contributed by atoms with E-state index >= 15 is 0 Å². The Morgan fingerprint density at radius 2 is 1.88 bits per heavy atom. The number of hydrogen-bond acceptors (Lipinski definition) is 6. The van der Waals surface area contributed by atoms with Gasteiger partial charge in [0.25, 0.3) is 5.91 Å². The number of aromatic nitrogens is 4. The van der Waals surface area contributed by atoms with E-state index in [1.807, 2.05) is 29.8 Å². The van der Waals surface area contributed by atoms with Crippen molar-refractivity contribution in [3.63, 3.8) is 0 Å². The predicted molar refractivity (Wildman–Crippen MR) is 142 cm³/mol. The molecule has 5 rings (SSSR count). The highest BCUT2D eigenvalue weighted by Gasteiger charge is 2.42. The average molecular weight is 567 g/mol. The predicted octanol–water partition coefficient (Wildman–Crippen LogP) is 5.01. The largest absolute Gasteiger partial charge is 0.493 e. The zero-order chi connectivity index (χ0) is 29.3. The van der Waals surface area contributed by atoms with Crippen LogP contribution < -0.4 is 15.9 Å². The summed E-state index contributed by atoms with van der Waals surface area (Å²) in [6.07, 6.45) is 1.53. The smallest absolute Gasteiger partial charge is 0.365 e. The fourth-order valence-electron chi connectivity index (χ4n) is 4.52. The summed E-state index contributed by atoms with van der Waals surface area (Å²) in [6.45, 7) is 2.47. The number of anilines is 2. The van der Waals surface area contributed by atoms with Gasteiger partial charge >= 0.3 is 12.1 Å². The van der Waals surface area contributed by atoms with E-state index in [4.69, 9.17) is 10.6 Å². The highest BCUT2D eigenvalue weighted by atomic mass is 19.4. The minimum absolute atomic E-state index is 0.0423. The second-order valence-corrected chi connectivity index (χ2v) is 9.01. The summed E-state index contributed by atoms with van der Waals surface area (Å²) in [5.74, 6) is -3.92. The standard InChI is InChI=1S/C28H22F4N6O3/c1-2-19-17(14-37-11-10-34-15-37)4-3-5-22(19)36-24-20-12-23(16-6-8-18(29)9-7-16)38(41-27(40)28(30,31)32)26(20)35-13-21(24)25(33)39/h3-13,15H,2,14H2,1H3,(H2,33,39)(H,35,36). The van der Waals surface area contributed by atoms with Gasteiger partial charge in [0.2, 0.25) is 0 Å². The van der Waals surface area contributed by atoms with E-state index < -0.39 is 23.9 Å². The molecule has 3 heterocycles. The molecule has 0 aliphatic rings. The molecule has 0 saturated carbocycles. The molecular weight excluding hydrogens is 544 g/mol. The number of carbonyl (C=O) groups excluding carboxylic acids is 2. The first kappa shape index (κ1) is 27.4. The number of benzene rings is 2. The van der Waals surface area contributed by atoms with Crippen LogP contribution in [-0.4, -0.2) is 37.3 Å². The van der Waals surface area contributed by atoms with Crippen LogP contribution in [0.2, 0.25) is 0 Å². The maximum Gasteiger partial charge on any atom is 0.493 e. The Labute approximate surface area is 230 Å². The number of fused-ring (bicyclic) bond motifs is 1. The molecule has 0 spiro atoms. The highest BCUT2D eigenvalue weighted by Crippen LogP contribution is 2.36. The maximum absolute atomic E-state index is 13.6. The van der Waals surface area contributed by atoms with Gasteiger partial charge in [0.1, 0.15) is 5.82 Å². The number of hydrogen-bond donors (Lipinski definition) is 2. The van der Waals surface area contributed by atoms with E-state index in [0.717, 1.165) is 29.5 Å². The first-order valence-electron chi connectivity index (χ1n) is 12.3. The van der Waals surface area contributed by atoms with Crippen LogP contribution in [0.15, 0.2) is 73.4 Å². The number of pyridine rings is 1. The molecule has 1 amide bonds. The van der Waals surface area contributed by atoms with Crippen molar-refractivity contribution in [3.8, 4) is 11.3 Å². The van der Waals surface area contributed by atoms with Gasteiger partial charge in [0.15, 0.2) is 5.65 Å². The molecule has 3 N–H and O–H groups in total. The number of nitrogens with zero attached hydrogens (tertiary/aromatic N) is 4. The van der Waals surface area contributed by atoms with Gasteiger partial charge in [0.05, 0.1) is 23.3 Å². The molecule has 0 radical (unpaired) electrons. The minimum Gasteiger partial charge on any atom is -0.365 e. The van der Waals surface area contributed by atoms with Crippen molar-refractivity contribution in [1.29, 1.82) is 0 Å². The number of primary amides is 1. The summed E-state index contributed by atoms with van der Waals surface area (Å²) in [5, 5.41) is 3.36. The number of rotatable bonds is 8. The third-order valence-electron chi connectivity index (χ3n) is 6.40. The van der Waals surface area contributed by atoms with Crippen molar-refractivity contribution in [3.05, 3.63) is 96.0 Å². The van der Waals surface area contributed by atoms with E-state index in [2.05, 4.69) is 15.3 Å². The quantitative estimate of drug-likeness (QED) is 0.255. The van der Waals surface area contributed by atoms with E-state index in [1.54, 1.807) is 18.6 Å². The lowest BCUT2D eigenvalue weighted by atomic mass is 10.0. The van der Waals surface area contributed by atoms with Crippen LogP contribution in [0.3, 0.4) is 0 Å². The number of alkyl halides is 3. The molecule has 9 nitrogen and oxygen atoms in total. The number of amides is 1. The van der Waals surface area contributed by atoms with Gasteiger partial charge in [-0.2, -0.15) is 17.9 Å². The van der Waals surface area contributed by atoms with Crippen LogP contribution >= 0.6 is 0 Å². The normalized spacial score (nSPS) is 11.5. The number of carbonyl (C=O) groups is 2. The average Bonchev–Trinajstić information content (AvgIpc) is 3.57. The van der Waals surface area contributed by atoms with E-state index in [1.165, 1.54) is 18.2 Å². The van der Waals surface area contributed by atoms with Crippen molar-refractivity contribution in [1.82, 2.24) is 19.3 Å². The molecule has 0 saturated heterocycles. The third kappa shape index (κ3) is 5.46. The molecule has 5 aromatic rings.